The van der Waals surface area contributed by atoms with Crippen molar-refractivity contribution in [2.24, 2.45) is 5.41 Å². The molecule has 0 amide bonds. The highest BCUT2D eigenvalue weighted by atomic mass is 19.2. The minimum atomic E-state index is -3.22. The van der Waals surface area contributed by atoms with Gasteiger partial charge in [-0.3, -0.25) is 10.1 Å². The van der Waals surface area contributed by atoms with Crippen LogP contribution in [0.15, 0.2) is 35.5 Å². The maximum atomic E-state index is 15.1. The minimum absolute atomic E-state index is 0.0960. The van der Waals surface area contributed by atoms with Gasteiger partial charge in [0, 0.05) is 18.6 Å². The number of ketones is 1. The van der Waals surface area contributed by atoms with Crippen LogP contribution >= 0.6 is 0 Å². The van der Waals surface area contributed by atoms with E-state index in [2.05, 4.69) is 16.6 Å². The van der Waals surface area contributed by atoms with Gasteiger partial charge in [0.05, 0.1) is 12.2 Å². The summed E-state index contributed by atoms with van der Waals surface area (Å²) in [5.41, 5.74) is -2.67. The quantitative estimate of drug-likeness (QED) is 0.166. The van der Waals surface area contributed by atoms with Gasteiger partial charge in [-0.1, -0.05) is 13.0 Å². The van der Waals surface area contributed by atoms with Crippen LogP contribution in [0.3, 0.4) is 0 Å². The van der Waals surface area contributed by atoms with Gasteiger partial charge in [0.15, 0.2) is 11.7 Å². The smallest absolute Gasteiger partial charge is 0.341 e. The van der Waals surface area contributed by atoms with Gasteiger partial charge in [0.25, 0.3) is 0 Å². The molecule has 0 spiro atoms. The van der Waals surface area contributed by atoms with Crippen LogP contribution in [0, 0.1) is 5.41 Å². The van der Waals surface area contributed by atoms with Crippen LogP contribution in [0.1, 0.15) is 26.2 Å². The molecule has 0 aliphatic heterocycles. The molecule has 1 saturated carbocycles. The number of esters is 1. The number of hydrogen-bond donors (Lipinski definition) is 2. The first-order valence-corrected chi connectivity index (χ1v) is 8.49. The van der Waals surface area contributed by atoms with Gasteiger partial charge in [-0.2, -0.15) is 0 Å². The van der Waals surface area contributed by atoms with Crippen molar-refractivity contribution in [1.29, 1.82) is 0 Å². The summed E-state index contributed by atoms with van der Waals surface area (Å²) in [4.78, 5) is 23.8. The van der Waals surface area contributed by atoms with Crippen molar-refractivity contribution in [1.82, 2.24) is 5.32 Å². The molecular weight excluding hydrogens is 370 g/mol. The molecule has 27 heavy (non-hydrogen) atoms. The fourth-order valence-corrected chi connectivity index (χ4v) is 2.94. The highest BCUT2D eigenvalue weighted by molar-refractivity contribution is 6.25. The molecule has 2 rings (SSSR count). The van der Waals surface area contributed by atoms with E-state index in [0.29, 0.717) is 12.8 Å². The molecule has 0 heterocycles. The monoisotopic (exact) mass is 391 g/mol. The van der Waals surface area contributed by atoms with E-state index in [-0.39, 0.29) is 25.8 Å². The van der Waals surface area contributed by atoms with E-state index in [4.69, 9.17) is 0 Å². The zero-order valence-electron chi connectivity index (χ0n) is 14.8. The van der Waals surface area contributed by atoms with E-state index in [1.54, 1.807) is 0 Å². The Labute approximate surface area is 153 Å². The zero-order valence-corrected chi connectivity index (χ0v) is 14.8. The predicted molar refractivity (Wildman–Crippen MR) is 88.2 cm³/mol. The number of nitrogens with one attached hydrogen (secondary N) is 1. The van der Waals surface area contributed by atoms with Crippen LogP contribution in [0.2, 0.25) is 0 Å². The van der Waals surface area contributed by atoms with Crippen LogP contribution in [0.4, 0.5) is 17.6 Å². The molecule has 150 valence electrons. The van der Waals surface area contributed by atoms with Crippen molar-refractivity contribution in [2.75, 3.05) is 19.8 Å². The highest BCUT2D eigenvalue weighted by Gasteiger charge is 2.50. The largest absolute Gasteiger partial charge is 0.462 e. The average Bonchev–Trinajstić information content (AvgIpc) is 2.61. The lowest BCUT2D eigenvalue weighted by Crippen LogP contribution is -2.55. The van der Waals surface area contributed by atoms with E-state index >= 15 is 4.39 Å². The lowest BCUT2D eigenvalue weighted by atomic mass is 9.69. The Morgan fingerprint density at radius 3 is 2.52 bits per heavy atom. The number of carbonyl (C=O) groups excluding carboxylic acids is 2. The maximum Gasteiger partial charge on any atom is 0.341 e. The topological polar surface area (TPSA) is 75.6 Å². The first-order chi connectivity index (χ1) is 12.6. The first-order valence-electron chi connectivity index (χ1n) is 8.49. The fraction of sp³-hybridized carbons (Fsp3) is 0.556. The summed E-state index contributed by atoms with van der Waals surface area (Å²) in [6.45, 7) is 4.02. The number of Topliss-reactive ketones (excluding diaryl/α,β-unsaturated/α-hetero) is 1. The number of aliphatic hydroxyl groups is 1. The SMILES string of the molecule is C=C(C(=O)OCC)C(=O)C1=CC(F)(NCC2(CO)CCC2)C(F)C(F)=C1F. The van der Waals surface area contributed by atoms with Crippen molar-refractivity contribution < 1.29 is 37.0 Å². The fourth-order valence-electron chi connectivity index (χ4n) is 2.94. The Balaban J connectivity index is 2.29. The molecule has 0 aromatic carbocycles. The van der Waals surface area contributed by atoms with E-state index in [0.717, 1.165) is 6.42 Å². The number of hydrogen-bond acceptors (Lipinski definition) is 5. The Morgan fingerprint density at radius 1 is 1.41 bits per heavy atom. The Morgan fingerprint density at radius 2 is 2.04 bits per heavy atom. The summed E-state index contributed by atoms with van der Waals surface area (Å²) >= 11 is 0. The summed E-state index contributed by atoms with van der Waals surface area (Å²) in [5, 5.41) is 11.6. The molecular formula is C18H21F4NO4. The Kier molecular flexibility index (Phi) is 6.26. The number of halogens is 4. The second-order valence-corrected chi connectivity index (χ2v) is 6.74. The van der Waals surface area contributed by atoms with Gasteiger partial charge in [-0.05, 0) is 25.8 Å². The van der Waals surface area contributed by atoms with Crippen molar-refractivity contribution in [3.8, 4) is 0 Å². The minimum Gasteiger partial charge on any atom is -0.462 e. The normalized spacial score (nSPS) is 26.9. The summed E-state index contributed by atoms with van der Waals surface area (Å²) < 4.78 is 61.8. The maximum absolute atomic E-state index is 15.1. The number of rotatable bonds is 8. The van der Waals surface area contributed by atoms with Gasteiger partial charge < -0.3 is 9.84 Å². The molecule has 0 bridgehead atoms. The van der Waals surface area contributed by atoms with Gasteiger partial charge in [0.1, 0.15) is 5.57 Å². The second kappa shape index (κ2) is 7.93. The van der Waals surface area contributed by atoms with Crippen LogP contribution in [-0.2, 0) is 14.3 Å². The summed E-state index contributed by atoms with van der Waals surface area (Å²) in [5.74, 6) is -9.80. The van der Waals surface area contributed by atoms with Gasteiger partial charge in [-0.25, -0.2) is 22.4 Å². The summed E-state index contributed by atoms with van der Waals surface area (Å²) in [6.07, 6.45) is -0.841. The van der Waals surface area contributed by atoms with Crippen molar-refractivity contribution in [3.05, 3.63) is 35.5 Å². The average molecular weight is 391 g/mol. The van der Waals surface area contributed by atoms with Gasteiger partial charge in [0.2, 0.25) is 17.7 Å². The summed E-state index contributed by atoms with van der Waals surface area (Å²) in [7, 11) is 0. The number of allylic oxidation sites excluding steroid dienone is 2. The third-order valence-corrected chi connectivity index (χ3v) is 4.92. The van der Waals surface area contributed by atoms with Crippen LogP contribution < -0.4 is 5.32 Å². The molecule has 0 aromatic rings. The summed E-state index contributed by atoms with van der Waals surface area (Å²) in [6, 6.07) is 0. The van der Waals surface area contributed by atoms with E-state index in [1.807, 2.05) is 0 Å². The molecule has 9 heteroatoms. The zero-order chi connectivity index (χ0) is 20.4. The number of ether oxygens (including phenoxy) is 1. The third kappa shape index (κ3) is 3.98. The molecule has 0 aromatic heterocycles. The van der Waals surface area contributed by atoms with E-state index < -0.39 is 51.9 Å². The van der Waals surface area contributed by atoms with Crippen LogP contribution in [-0.4, -0.2) is 48.6 Å². The van der Waals surface area contributed by atoms with Crippen LogP contribution in [0.25, 0.3) is 0 Å². The predicted octanol–water partition coefficient (Wildman–Crippen LogP) is 2.52. The second-order valence-electron chi connectivity index (χ2n) is 6.74. The Bertz CT molecular complexity index is 709. The lowest BCUT2D eigenvalue weighted by Gasteiger charge is -2.42. The van der Waals surface area contributed by atoms with E-state index in [1.165, 1.54) is 6.92 Å². The molecule has 1 fully saturated rings. The standard InChI is InChI=1S/C18H21F4NO4/c1-3-27-16(26)10(2)14(25)11-7-18(22,15(21)13(20)12(11)19)23-8-17(9-24)5-4-6-17/h7,15,23-24H,2-6,8-9H2,1H3. The molecule has 2 unspecified atom stereocenters. The first kappa shape index (κ1) is 21.3. The van der Waals surface area contributed by atoms with Gasteiger partial charge in [-0.15, -0.1) is 0 Å². The molecule has 2 atom stereocenters. The molecule has 0 radical (unpaired) electrons. The molecule has 0 saturated heterocycles. The third-order valence-electron chi connectivity index (χ3n) is 4.92. The Hall–Kier alpha value is -2.00. The number of aliphatic hydroxyl groups excluding tert-OH is 1. The van der Waals surface area contributed by atoms with Gasteiger partial charge >= 0.3 is 5.97 Å². The van der Waals surface area contributed by atoms with Crippen molar-refractivity contribution in [3.63, 3.8) is 0 Å². The molecule has 2 aliphatic rings. The van der Waals surface area contributed by atoms with Crippen molar-refractivity contribution in [2.45, 2.75) is 38.2 Å². The molecule has 2 N–H and O–H groups in total. The van der Waals surface area contributed by atoms with E-state index in [9.17, 15) is 27.9 Å². The molecule has 5 nitrogen and oxygen atoms in total. The highest BCUT2D eigenvalue weighted by Crippen LogP contribution is 2.42. The molecule has 2 aliphatic carbocycles. The number of carbonyl (C=O) groups is 2. The van der Waals surface area contributed by atoms with Crippen molar-refractivity contribution >= 4 is 11.8 Å². The number of alkyl halides is 2. The lowest BCUT2D eigenvalue weighted by molar-refractivity contribution is -0.139. The van der Waals surface area contributed by atoms with Crippen LogP contribution in [0.5, 0.6) is 0 Å².